The molecular formula is C10H11ClN4. The Balaban J connectivity index is 2.59. The molecule has 0 radical (unpaired) electrons. The number of nitrogen functional groups attached to an aromatic ring is 2. The number of benzene rings is 1. The van der Waals surface area contributed by atoms with Crippen LogP contribution in [0, 0.1) is 6.92 Å². The Hall–Kier alpha value is -1.68. The first-order valence-corrected chi connectivity index (χ1v) is 4.83. The Morgan fingerprint density at radius 2 is 2.13 bits per heavy atom. The molecule has 0 fully saturated rings. The van der Waals surface area contributed by atoms with Crippen LogP contribution in [0.5, 0.6) is 0 Å². The Morgan fingerprint density at radius 1 is 1.40 bits per heavy atom. The molecule has 0 unspecified atom stereocenters. The molecule has 1 aromatic carbocycles. The summed E-state index contributed by atoms with van der Waals surface area (Å²) >= 11 is 5.89. The van der Waals surface area contributed by atoms with E-state index >= 15 is 0 Å². The van der Waals surface area contributed by atoms with Crippen molar-refractivity contribution >= 4 is 17.4 Å². The summed E-state index contributed by atoms with van der Waals surface area (Å²) in [7, 11) is 0. The quantitative estimate of drug-likeness (QED) is 0.723. The van der Waals surface area contributed by atoms with Crippen LogP contribution in [0.3, 0.4) is 0 Å². The van der Waals surface area contributed by atoms with Crippen molar-refractivity contribution < 1.29 is 0 Å². The molecular weight excluding hydrogens is 212 g/mol. The van der Waals surface area contributed by atoms with Gasteiger partial charge in [-0.3, -0.25) is 0 Å². The van der Waals surface area contributed by atoms with Crippen molar-refractivity contribution in [2.75, 3.05) is 11.6 Å². The topological polar surface area (TPSA) is 69.9 Å². The van der Waals surface area contributed by atoms with Gasteiger partial charge in [0, 0.05) is 10.6 Å². The normalized spacial score (nSPS) is 10.5. The lowest BCUT2D eigenvalue weighted by Crippen LogP contribution is -2.13. The number of hydrogen-bond donors (Lipinski definition) is 2. The van der Waals surface area contributed by atoms with Crippen molar-refractivity contribution in [3.63, 3.8) is 0 Å². The van der Waals surface area contributed by atoms with Crippen LogP contribution >= 0.6 is 11.6 Å². The van der Waals surface area contributed by atoms with Crippen LogP contribution in [-0.2, 0) is 0 Å². The van der Waals surface area contributed by atoms with Gasteiger partial charge < -0.3 is 11.6 Å². The summed E-state index contributed by atoms with van der Waals surface area (Å²) in [5.74, 6) is 6.78. The summed E-state index contributed by atoms with van der Waals surface area (Å²) < 4.78 is 1.36. The fourth-order valence-electron chi connectivity index (χ4n) is 1.41. The molecule has 78 valence electrons. The largest absolute Gasteiger partial charge is 0.382 e. The van der Waals surface area contributed by atoms with Crippen LogP contribution in [0.25, 0.3) is 11.3 Å². The summed E-state index contributed by atoms with van der Waals surface area (Å²) in [5, 5.41) is 0.649. The molecule has 0 saturated heterocycles. The highest BCUT2D eigenvalue weighted by atomic mass is 35.5. The van der Waals surface area contributed by atoms with Gasteiger partial charge in [0.05, 0.1) is 0 Å². The van der Waals surface area contributed by atoms with Crippen LogP contribution < -0.4 is 11.6 Å². The van der Waals surface area contributed by atoms with Crippen molar-refractivity contribution in [1.29, 1.82) is 0 Å². The van der Waals surface area contributed by atoms with E-state index in [0.717, 1.165) is 5.56 Å². The maximum absolute atomic E-state index is 5.89. The summed E-state index contributed by atoms with van der Waals surface area (Å²) in [6, 6.07) is 7.35. The van der Waals surface area contributed by atoms with E-state index in [0.29, 0.717) is 22.4 Å². The van der Waals surface area contributed by atoms with Crippen molar-refractivity contribution in [3.8, 4) is 11.3 Å². The molecule has 2 rings (SSSR count). The van der Waals surface area contributed by atoms with E-state index in [1.54, 1.807) is 19.1 Å². The minimum atomic E-state index is 0.440. The average molecular weight is 223 g/mol. The van der Waals surface area contributed by atoms with Gasteiger partial charge in [-0.05, 0) is 19.1 Å². The fourth-order valence-corrected chi connectivity index (χ4v) is 1.60. The van der Waals surface area contributed by atoms with Gasteiger partial charge in [0.25, 0.3) is 0 Å². The van der Waals surface area contributed by atoms with Crippen LogP contribution in [0.4, 0.5) is 5.82 Å². The third-order valence-corrected chi connectivity index (χ3v) is 2.46. The fraction of sp³-hybridized carbons (Fsp3) is 0.100. The van der Waals surface area contributed by atoms with Crippen LogP contribution in [-0.4, -0.2) is 9.66 Å². The summed E-state index contributed by atoms with van der Waals surface area (Å²) in [6.07, 6.45) is 0. The number of nitrogens with two attached hydrogens (primary N) is 2. The van der Waals surface area contributed by atoms with Gasteiger partial charge in [-0.15, -0.1) is 0 Å². The molecule has 0 aliphatic rings. The zero-order valence-electron chi connectivity index (χ0n) is 8.24. The summed E-state index contributed by atoms with van der Waals surface area (Å²) in [5.41, 5.74) is 7.35. The number of aromatic nitrogens is 2. The first kappa shape index (κ1) is 9.86. The Labute approximate surface area is 92.4 Å². The van der Waals surface area contributed by atoms with E-state index in [4.69, 9.17) is 23.2 Å². The Bertz CT molecular complexity index is 504. The molecule has 0 atom stereocenters. The van der Waals surface area contributed by atoms with Crippen molar-refractivity contribution in [2.45, 2.75) is 6.92 Å². The van der Waals surface area contributed by atoms with Gasteiger partial charge in [0.1, 0.15) is 11.5 Å². The molecule has 5 heteroatoms. The van der Waals surface area contributed by atoms with Crippen LogP contribution in [0.2, 0.25) is 5.02 Å². The molecule has 15 heavy (non-hydrogen) atoms. The number of rotatable bonds is 1. The highest BCUT2D eigenvalue weighted by Gasteiger charge is 2.11. The van der Waals surface area contributed by atoms with Crippen molar-refractivity contribution in [3.05, 3.63) is 35.1 Å². The predicted octanol–water partition coefficient (Wildman–Crippen LogP) is 1.81. The maximum Gasteiger partial charge on any atom is 0.150 e. The number of aryl methyl sites for hydroxylation is 1. The smallest absolute Gasteiger partial charge is 0.150 e. The molecule has 4 N–H and O–H groups in total. The molecule has 1 aromatic heterocycles. The van der Waals surface area contributed by atoms with Crippen LogP contribution in [0.15, 0.2) is 24.3 Å². The monoisotopic (exact) mass is 222 g/mol. The van der Waals surface area contributed by atoms with E-state index in [2.05, 4.69) is 4.98 Å². The number of halogens is 1. The molecule has 0 aliphatic heterocycles. The van der Waals surface area contributed by atoms with E-state index in [1.807, 2.05) is 12.1 Å². The molecule has 0 spiro atoms. The van der Waals surface area contributed by atoms with Crippen LogP contribution in [0.1, 0.15) is 5.82 Å². The van der Waals surface area contributed by atoms with Gasteiger partial charge in [0.2, 0.25) is 0 Å². The van der Waals surface area contributed by atoms with Gasteiger partial charge in [0.15, 0.2) is 5.82 Å². The molecule has 0 saturated carbocycles. The molecule has 2 aromatic rings. The number of nitrogens with zero attached hydrogens (tertiary/aromatic N) is 2. The third kappa shape index (κ3) is 1.64. The number of hydrogen-bond acceptors (Lipinski definition) is 3. The molecule has 0 bridgehead atoms. The van der Waals surface area contributed by atoms with Gasteiger partial charge in [-0.2, -0.15) is 0 Å². The van der Waals surface area contributed by atoms with Crippen molar-refractivity contribution in [2.24, 2.45) is 0 Å². The number of imidazole rings is 1. The van der Waals surface area contributed by atoms with Gasteiger partial charge in [-0.1, -0.05) is 23.7 Å². The first-order valence-electron chi connectivity index (χ1n) is 4.45. The third-order valence-electron chi connectivity index (χ3n) is 2.22. The van der Waals surface area contributed by atoms with E-state index in [-0.39, 0.29) is 0 Å². The van der Waals surface area contributed by atoms with Gasteiger partial charge in [-0.25, -0.2) is 9.66 Å². The molecule has 0 amide bonds. The molecule has 4 nitrogen and oxygen atoms in total. The lowest BCUT2D eigenvalue weighted by Gasteiger charge is -2.00. The first-order chi connectivity index (χ1) is 7.09. The minimum absolute atomic E-state index is 0.440. The second kappa shape index (κ2) is 3.47. The predicted molar refractivity (Wildman–Crippen MR) is 62.0 cm³/mol. The highest BCUT2D eigenvalue weighted by Crippen LogP contribution is 2.26. The summed E-state index contributed by atoms with van der Waals surface area (Å²) in [4.78, 5) is 4.28. The van der Waals surface area contributed by atoms with E-state index in [9.17, 15) is 0 Å². The Morgan fingerprint density at radius 3 is 2.67 bits per heavy atom. The average Bonchev–Trinajstić information content (AvgIpc) is 2.46. The van der Waals surface area contributed by atoms with Gasteiger partial charge >= 0.3 is 0 Å². The maximum atomic E-state index is 5.89. The number of anilines is 1. The standard InChI is InChI=1S/C10H11ClN4/c1-6-14-9(10(12)15(6)13)7-3-2-4-8(11)5-7/h2-5H,12-13H2,1H3. The highest BCUT2D eigenvalue weighted by molar-refractivity contribution is 6.30. The van der Waals surface area contributed by atoms with Crippen molar-refractivity contribution in [1.82, 2.24) is 9.66 Å². The zero-order valence-corrected chi connectivity index (χ0v) is 8.99. The minimum Gasteiger partial charge on any atom is -0.382 e. The van der Waals surface area contributed by atoms with E-state index < -0.39 is 0 Å². The Kier molecular flexibility index (Phi) is 2.28. The second-order valence-electron chi connectivity index (χ2n) is 3.27. The molecule has 1 heterocycles. The lowest BCUT2D eigenvalue weighted by molar-refractivity contribution is 0.937. The second-order valence-corrected chi connectivity index (χ2v) is 3.71. The lowest BCUT2D eigenvalue weighted by atomic mass is 10.1. The van der Waals surface area contributed by atoms with E-state index in [1.165, 1.54) is 4.68 Å². The molecule has 0 aliphatic carbocycles. The zero-order chi connectivity index (χ0) is 11.0. The summed E-state index contributed by atoms with van der Waals surface area (Å²) in [6.45, 7) is 1.80. The SMILES string of the molecule is Cc1nc(-c2cccc(Cl)c2)c(N)n1N.